The number of aromatic nitrogens is 2. The molecule has 1 unspecified atom stereocenters. The first-order valence-corrected chi connectivity index (χ1v) is 7.81. The number of ketones is 1. The lowest BCUT2D eigenvalue weighted by Gasteiger charge is -2.21. The maximum atomic E-state index is 13.0. The van der Waals surface area contributed by atoms with Gasteiger partial charge >= 0.3 is 0 Å². The van der Waals surface area contributed by atoms with Crippen LogP contribution in [0.15, 0.2) is 36.2 Å². The lowest BCUT2D eigenvalue weighted by Crippen LogP contribution is -2.17. The van der Waals surface area contributed by atoms with Gasteiger partial charge in [0.25, 0.3) is 0 Å². The van der Waals surface area contributed by atoms with E-state index in [0.717, 1.165) is 5.56 Å². The van der Waals surface area contributed by atoms with E-state index in [-0.39, 0.29) is 23.7 Å². The highest BCUT2D eigenvalue weighted by Gasteiger charge is 2.32. The second kappa shape index (κ2) is 6.64. The van der Waals surface area contributed by atoms with Gasteiger partial charge in [-0.2, -0.15) is 10.5 Å². The average Bonchev–Trinajstić information content (AvgIpc) is 2.66. The van der Waals surface area contributed by atoms with Crippen LogP contribution >= 0.6 is 0 Å². The van der Waals surface area contributed by atoms with Crippen molar-refractivity contribution in [1.29, 1.82) is 10.5 Å². The Bertz CT molecular complexity index is 960. The van der Waals surface area contributed by atoms with Crippen molar-refractivity contribution >= 4 is 11.4 Å². The minimum atomic E-state index is -0.421. The summed E-state index contributed by atoms with van der Waals surface area (Å²) in [4.78, 5) is 21.7. The van der Waals surface area contributed by atoms with Gasteiger partial charge in [0.2, 0.25) is 0 Å². The van der Waals surface area contributed by atoms with Crippen LogP contribution in [0.1, 0.15) is 40.7 Å². The van der Waals surface area contributed by atoms with Gasteiger partial charge in [-0.15, -0.1) is 0 Å². The number of hydrogen-bond donors (Lipinski definition) is 1. The molecule has 2 aromatic heterocycles. The summed E-state index contributed by atoms with van der Waals surface area (Å²) in [6.07, 6.45) is 3.91. The molecule has 3 rings (SSSR count). The first-order valence-electron chi connectivity index (χ1n) is 7.81. The third-order valence-electron chi connectivity index (χ3n) is 4.34. The van der Waals surface area contributed by atoms with Crippen LogP contribution in [0, 0.1) is 22.7 Å². The molecule has 0 radical (unpaired) electrons. The zero-order chi connectivity index (χ0) is 18.0. The van der Waals surface area contributed by atoms with Crippen LogP contribution in [0.4, 0.5) is 0 Å². The van der Waals surface area contributed by atoms with Gasteiger partial charge in [0.05, 0.1) is 16.8 Å². The Morgan fingerprint density at radius 3 is 2.60 bits per heavy atom. The Kier molecular flexibility index (Phi) is 4.38. The number of rotatable bonds is 3. The van der Waals surface area contributed by atoms with Crippen LogP contribution in [-0.2, 0) is 0 Å². The minimum Gasteiger partial charge on any atom is -0.396 e. The van der Waals surface area contributed by atoms with Crippen molar-refractivity contribution in [1.82, 2.24) is 9.97 Å². The van der Waals surface area contributed by atoms with Crippen molar-refractivity contribution in [2.75, 3.05) is 6.61 Å². The zero-order valence-electron chi connectivity index (χ0n) is 13.5. The lowest BCUT2D eigenvalue weighted by molar-refractivity contribution is 0.105. The molecule has 6 nitrogen and oxygen atoms in total. The van der Waals surface area contributed by atoms with Crippen LogP contribution in [-0.4, -0.2) is 27.5 Å². The topological polar surface area (TPSA) is 111 Å². The SMILES string of the molecule is CCC(CO)c1cnc2c(c1)C(=O)C(=C(C#N)C#N)c1cccnc1-2. The molecule has 1 N–H and O–H groups in total. The van der Waals surface area contributed by atoms with Gasteiger partial charge in [-0.05, 0) is 24.1 Å². The fraction of sp³-hybridized carbons (Fsp3) is 0.211. The van der Waals surface area contributed by atoms with E-state index in [0.29, 0.717) is 28.9 Å². The number of aliphatic hydroxyl groups excluding tert-OH is 1. The van der Waals surface area contributed by atoms with E-state index in [9.17, 15) is 20.4 Å². The Hall–Kier alpha value is -3.35. The summed E-state index contributed by atoms with van der Waals surface area (Å²) in [6.45, 7) is 1.89. The van der Waals surface area contributed by atoms with Gasteiger partial charge in [-0.3, -0.25) is 14.8 Å². The number of carbonyl (C=O) groups is 1. The van der Waals surface area contributed by atoms with Crippen LogP contribution in [0.5, 0.6) is 0 Å². The van der Waals surface area contributed by atoms with Crippen molar-refractivity contribution in [3.63, 3.8) is 0 Å². The standard InChI is InChI=1S/C19H14N4O2/c1-2-11(10-24)12-6-15-18(23-9-12)17-14(4-3-5-22-17)16(19(15)25)13(7-20)8-21/h3-6,9,11,24H,2,10H2,1H3. The maximum Gasteiger partial charge on any atom is 0.198 e. The van der Waals surface area contributed by atoms with Gasteiger partial charge in [0.15, 0.2) is 5.78 Å². The van der Waals surface area contributed by atoms with Crippen LogP contribution in [0.25, 0.3) is 17.0 Å². The Balaban J connectivity index is 2.32. The van der Waals surface area contributed by atoms with E-state index in [1.807, 2.05) is 6.92 Å². The number of fused-ring (bicyclic) bond motifs is 3. The van der Waals surface area contributed by atoms with Crippen molar-refractivity contribution in [3.05, 3.63) is 52.9 Å². The number of nitriles is 2. The highest BCUT2D eigenvalue weighted by atomic mass is 16.3. The Labute approximate surface area is 144 Å². The summed E-state index contributed by atoms with van der Waals surface area (Å²) in [5.41, 5.74) is 2.18. The highest BCUT2D eigenvalue weighted by molar-refractivity contribution is 6.35. The molecule has 0 aliphatic heterocycles. The predicted octanol–water partition coefficient (Wildman–Crippen LogP) is 2.63. The number of nitrogens with zero attached hydrogens (tertiary/aromatic N) is 4. The molecular weight excluding hydrogens is 316 g/mol. The smallest absolute Gasteiger partial charge is 0.198 e. The monoisotopic (exact) mass is 330 g/mol. The molecule has 0 aromatic carbocycles. The molecule has 6 heteroatoms. The van der Waals surface area contributed by atoms with Crippen LogP contribution in [0.2, 0.25) is 0 Å². The molecule has 0 fully saturated rings. The molecule has 1 aliphatic rings. The van der Waals surface area contributed by atoms with E-state index >= 15 is 0 Å². The summed E-state index contributed by atoms with van der Waals surface area (Å²) in [5.74, 6) is -0.551. The number of allylic oxidation sites excluding steroid dienone is 2. The molecule has 0 amide bonds. The third-order valence-corrected chi connectivity index (χ3v) is 4.34. The molecule has 122 valence electrons. The number of Topliss-reactive ketones (excluding diaryl/α,β-unsaturated/α-hetero) is 1. The minimum absolute atomic E-state index is 0.0513. The molecule has 0 saturated carbocycles. The van der Waals surface area contributed by atoms with Crippen molar-refractivity contribution in [2.24, 2.45) is 0 Å². The van der Waals surface area contributed by atoms with Crippen molar-refractivity contribution in [2.45, 2.75) is 19.3 Å². The summed E-state index contributed by atoms with van der Waals surface area (Å²) >= 11 is 0. The summed E-state index contributed by atoms with van der Waals surface area (Å²) in [6, 6.07) is 8.57. The summed E-state index contributed by atoms with van der Waals surface area (Å²) in [5, 5.41) is 28.0. The van der Waals surface area contributed by atoms with Gasteiger partial charge < -0.3 is 5.11 Å². The lowest BCUT2D eigenvalue weighted by atomic mass is 9.83. The van der Waals surface area contributed by atoms with E-state index < -0.39 is 5.78 Å². The summed E-state index contributed by atoms with van der Waals surface area (Å²) < 4.78 is 0. The van der Waals surface area contributed by atoms with E-state index in [4.69, 9.17) is 0 Å². The quantitative estimate of drug-likeness (QED) is 0.684. The average molecular weight is 330 g/mol. The molecule has 0 bridgehead atoms. The number of pyridine rings is 2. The van der Waals surface area contributed by atoms with Gasteiger partial charge in [0, 0.05) is 30.5 Å². The zero-order valence-corrected chi connectivity index (χ0v) is 13.5. The fourth-order valence-corrected chi connectivity index (χ4v) is 2.97. The molecule has 0 saturated heterocycles. The van der Waals surface area contributed by atoms with E-state index in [2.05, 4.69) is 9.97 Å². The van der Waals surface area contributed by atoms with E-state index in [1.54, 1.807) is 42.7 Å². The van der Waals surface area contributed by atoms with Gasteiger partial charge in [-0.1, -0.05) is 13.0 Å². The number of aliphatic hydroxyl groups is 1. The van der Waals surface area contributed by atoms with Crippen LogP contribution < -0.4 is 0 Å². The first kappa shape index (κ1) is 16.5. The Morgan fingerprint density at radius 1 is 1.24 bits per heavy atom. The molecule has 2 heterocycles. The van der Waals surface area contributed by atoms with Crippen LogP contribution in [0.3, 0.4) is 0 Å². The second-order valence-corrected chi connectivity index (χ2v) is 5.65. The molecule has 1 atom stereocenters. The van der Waals surface area contributed by atoms with Crippen molar-refractivity contribution < 1.29 is 9.90 Å². The third kappa shape index (κ3) is 2.59. The van der Waals surface area contributed by atoms with Gasteiger partial charge in [-0.25, -0.2) is 0 Å². The van der Waals surface area contributed by atoms with E-state index in [1.165, 1.54) is 0 Å². The number of hydrogen-bond acceptors (Lipinski definition) is 6. The summed E-state index contributed by atoms with van der Waals surface area (Å²) in [7, 11) is 0. The molecule has 1 aliphatic carbocycles. The maximum absolute atomic E-state index is 13.0. The first-order chi connectivity index (χ1) is 12.2. The molecule has 0 spiro atoms. The molecule has 2 aromatic rings. The largest absolute Gasteiger partial charge is 0.396 e. The van der Waals surface area contributed by atoms with Gasteiger partial charge in [0.1, 0.15) is 23.4 Å². The fourth-order valence-electron chi connectivity index (χ4n) is 2.97. The second-order valence-electron chi connectivity index (χ2n) is 5.65. The predicted molar refractivity (Wildman–Crippen MR) is 90.1 cm³/mol. The number of carbonyl (C=O) groups excluding carboxylic acids is 1. The normalized spacial score (nSPS) is 13.3. The highest BCUT2D eigenvalue weighted by Crippen LogP contribution is 2.38. The Morgan fingerprint density at radius 2 is 1.96 bits per heavy atom. The van der Waals surface area contributed by atoms with Crippen molar-refractivity contribution in [3.8, 4) is 23.5 Å². The molecule has 25 heavy (non-hydrogen) atoms. The molecular formula is C19H14N4O2.